The van der Waals surface area contributed by atoms with Crippen LogP contribution in [0.1, 0.15) is 55.7 Å². The van der Waals surface area contributed by atoms with Crippen LogP contribution < -0.4 is 5.32 Å². The monoisotopic (exact) mass is 595 g/mol. The number of dihydropyridines is 1. The zero-order valence-corrected chi connectivity index (χ0v) is 25.4. The summed E-state index contributed by atoms with van der Waals surface area (Å²) in [5.41, 5.74) is 3.40. The van der Waals surface area contributed by atoms with Gasteiger partial charge in [-0.25, -0.2) is 9.59 Å². The number of rotatable bonds is 9. The van der Waals surface area contributed by atoms with Crippen molar-refractivity contribution in [2.45, 2.75) is 44.6 Å². The number of methoxy groups -OCH3 is 1. The van der Waals surface area contributed by atoms with Gasteiger partial charge in [-0.05, 0) is 37.5 Å². The van der Waals surface area contributed by atoms with Crippen LogP contribution in [0.25, 0.3) is 0 Å². The molecule has 9 nitrogen and oxygen atoms in total. The highest BCUT2D eigenvalue weighted by molar-refractivity contribution is 6.00. The molecule has 44 heavy (non-hydrogen) atoms. The smallest absolute Gasteiger partial charge is 0.337 e. The van der Waals surface area contributed by atoms with Crippen molar-refractivity contribution in [1.29, 1.82) is 0 Å². The number of likely N-dealkylation sites (tertiary alicyclic amines) is 1. The molecule has 0 radical (unpaired) electrons. The Kier molecular flexibility index (Phi) is 8.96. The molecule has 228 valence electrons. The summed E-state index contributed by atoms with van der Waals surface area (Å²) >= 11 is 0. The van der Waals surface area contributed by atoms with Gasteiger partial charge in [-0.2, -0.15) is 0 Å². The second-order valence-electron chi connectivity index (χ2n) is 11.7. The van der Waals surface area contributed by atoms with Crippen molar-refractivity contribution in [1.82, 2.24) is 10.2 Å². The van der Waals surface area contributed by atoms with E-state index in [0.29, 0.717) is 29.9 Å². The van der Waals surface area contributed by atoms with E-state index in [9.17, 15) is 19.7 Å². The molecule has 2 aliphatic heterocycles. The molecule has 0 aliphatic carbocycles. The van der Waals surface area contributed by atoms with Crippen LogP contribution in [0.3, 0.4) is 0 Å². The predicted octanol–water partition coefficient (Wildman–Crippen LogP) is 5.84. The number of benzene rings is 3. The van der Waals surface area contributed by atoms with E-state index in [1.165, 1.54) is 30.4 Å². The molecule has 0 spiro atoms. The number of carbonyl (C=O) groups is 2. The van der Waals surface area contributed by atoms with Gasteiger partial charge in [-0.1, -0.05) is 72.8 Å². The molecule has 2 aliphatic rings. The summed E-state index contributed by atoms with van der Waals surface area (Å²) < 4.78 is 11.3. The predicted molar refractivity (Wildman–Crippen MR) is 167 cm³/mol. The van der Waals surface area contributed by atoms with Crippen LogP contribution in [-0.4, -0.2) is 54.1 Å². The van der Waals surface area contributed by atoms with Crippen molar-refractivity contribution in [3.63, 3.8) is 0 Å². The number of hydrogen-bond acceptors (Lipinski definition) is 8. The molecule has 2 atom stereocenters. The lowest BCUT2D eigenvalue weighted by Crippen LogP contribution is -2.39. The fourth-order valence-corrected chi connectivity index (χ4v) is 6.37. The first kappa shape index (κ1) is 30.7. The van der Waals surface area contributed by atoms with Crippen molar-refractivity contribution in [3.05, 3.63) is 134 Å². The normalized spacial score (nSPS) is 20.4. The summed E-state index contributed by atoms with van der Waals surface area (Å²) in [5, 5.41) is 14.7. The summed E-state index contributed by atoms with van der Waals surface area (Å²) in [4.78, 5) is 40.5. The first-order valence-corrected chi connectivity index (χ1v) is 14.7. The number of esters is 2. The molecule has 1 fully saturated rings. The summed E-state index contributed by atoms with van der Waals surface area (Å²) in [6, 6.07) is 26.8. The van der Waals surface area contributed by atoms with E-state index in [-0.39, 0.29) is 22.8 Å². The van der Waals surface area contributed by atoms with Gasteiger partial charge in [0, 0.05) is 55.5 Å². The maximum Gasteiger partial charge on any atom is 0.337 e. The van der Waals surface area contributed by atoms with Crippen LogP contribution in [0, 0.1) is 10.1 Å². The topological polar surface area (TPSA) is 111 Å². The second kappa shape index (κ2) is 12.9. The summed E-state index contributed by atoms with van der Waals surface area (Å²) in [5.74, 6) is -1.96. The van der Waals surface area contributed by atoms with Gasteiger partial charge in [-0.15, -0.1) is 0 Å². The van der Waals surface area contributed by atoms with E-state index < -0.39 is 28.4 Å². The first-order chi connectivity index (χ1) is 21.1. The van der Waals surface area contributed by atoms with Crippen LogP contribution in [0.5, 0.6) is 0 Å². The van der Waals surface area contributed by atoms with Gasteiger partial charge >= 0.3 is 11.9 Å². The number of nitro benzene ring substituents is 1. The fraction of sp³-hybridized carbons (Fsp3) is 0.314. The second-order valence-corrected chi connectivity index (χ2v) is 11.7. The molecule has 0 aromatic heterocycles. The van der Waals surface area contributed by atoms with Crippen molar-refractivity contribution in [3.8, 4) is 0 Å². The van der Waals surface area contributed by atoms with Crippen LogP contribution in [-0.2, 0) is 19.1 Å². The molecule has 3 aromatic rings. The molecule has 2 heterocycles. The third-order valence-electron chi connectivity index (χ3n) is 8.50. The van der Waals surface area contributed by atoms with Crippen molar-refractivity contribution in [2.75, 3.05) is 26.7 Å². The van der Waals surface area contributed by atoms with Gasteiger partial charge in [0.05, 0.1) is 29.1 Å². The third kappa shape index (κ3) is 6.43. The molecule has 0 saturated carbocycles. The lowest BCUT2D eigenvalue weighted by Gasteiger charge is -2.33. The summed E-state index contributed by atoms with van der Waals surface area (Å²) in [6.07, 6.45) is 0.634. The molecule has 0 amide bonds. The largest absolute Gasteiger partial charge is 0.466 e. The average Bonchev–Trinajstić information content (AvgIpc) is 3.39. The molecular formula is C35H37N3O6. The third-order valence-corrected chi connectivity index (χ3v) is 8.50. The zero-order chi connectivity index (χ0) is 31.4. The first-order valence-electron chi connectivity index (χ1n) is 14.7. The van der Waals surface area contributed by atoms with Gasteiger partial charge < -0.3 is 14.8 Å². The van der Waals surface area contributed by atoms with Crippen LogP contribution in [0.15, 0.2) is 107 Å². The molecule has 3 aromatic carbocycles. The molecule has 9 heteroatoms. The number of hydrogen-bond donors (Lipinski definition) is 1. The number of non-ortho nitro benzene ring substituents is 1. The highest BCUT2D eigenvalue weighted by atomic mass is 16.6. The lowest BCUT2D eigenvalue weighted by atomic mass is 9.80. The minimum atomic E-state index is -0.905. The van der Waals surface area contributed by atoms with Gasteiger partial charge in [0.1, 0.15) is 5.60 Å². The van der Waals surface area contributed by atoms with E-state index in [1.807, 2.05) is 43.3 Å². The van der Waals surface area contributed by atoms with Crippen molar-refractivity contribution >= 4 is 17.6 Å². The number of ether oxygens (including phenoxy) is 2. The Morgan fingerprint density at radius 2 is 1.55 bits per heavy atom. The van der Waals surface area contributed by atoms with E-state index in [1.54, 1.807) is 26.0 Å². The van der Waals surface area contributed by atoms with E-state index in [0.717, 1.165) is 13.1 Å². The molecule has 1 N–H and O–H groups in total. The fourth-order valence-electron chi connectivity index (χ4n) is 6.37. The quantitative estimate of drug-likeness (QED) is 0.187. The van der Waals surface area contributed by atoms with Gasteiger partial charge in [0.25, 0.3) is 5.69 Å². The Hall–Kier alpha value is -4.76. The molecule has 5 rings (SSSR count). The zero-order valence-electron chi connectivity index (χ0n) is 25.4. The molecule has 1 saturated heterocycles. The van der Waals surface area contributed by atoms with Crippen molar-refractivity contribution in [2.24, 2.45) is 0 Å². The maximum absolute atomic E-state index is 14.1. The average molecular weight is 596 g/mol. The van der Waals surface area contributed by atoms with E-state index in [4.69, 9.17) is 9.47 Å². The number of nitrogens with zero attached hydrogens (tertiary/aromatic N) is 2. The molecule has 1 unspecified atom stereocenters. The maximum atomic E-state index is 14.1. The van der Waals surface area contributed by atoms with Crippen LogP contribution in [0.2, 0.25) is 0 Å². The minimum Gasteiger partial charge on any atom is -0.466 e. The van der Waals surface area contributed by atoms with Gasteiger partial charge in [0.15, 0.2) is 0 Å². The summed E-state index contributed by atoms with van der Waals surface area (Å²) in [7, 11) is 1.27. The SMILES string of the molecule is COC(=O)C1=C(C)NC(C)=C(C(=O)O[C@@]2(C)CCN(CC(c3ccccc3)c3ccccc3)C2)C1c1cccc([N+](=O)[O-])c1. The number of carbonyl (C=O) groups excluding carboxylic acids is 2. The van der Waals surface area contributed by atoms with Crippen molar-refractivity contribution < 1.29 is 24.0 Å². The molecule has 0 bridgehead atoms. The Morgan fingerprint density at radius 1 is 0.955 bits per heavy atom. The number of nitro groups is 1. The van der Waals surface area contributed by atoms with E-state index >= 15 is 0 Å². The Labute approximate surface area is 257 Å². The van der Waals surface area contributed by atoms with Gasteiger partial charge in [-0.3, -0.25) is 15.0 Å². The standard InChI is InChI=1S/C35H37N3O6/c1-23-30(33(39)43-4)32(27-16-11-17-28(20-27)38(41)42)31(24(2)36-23)34(40)44-35(3)18-19-37(22-35)21-29(25-12-7-5-8-13-25)26-14-9-6-10-15-26/h5-17,20,29,32,36H,18-19,21-22H2,1-4H3/t32?,35-/m0/s1. The Morgan fingerprint density at radius 3 is 2.11 bits per heavy atom. The van der Waals surface area contributed by atoms with Gasteiger partial charge in [0.2, 0.25) is 0 Å². The van der Waals surface area contributed by atoms with Crippen LogP contribution in [0.4, 0.5) is 5.69 Å². The Balaban J connectivity index is 1.41. The van der Waals surface area contributed by atoms with Crippen LogP contribution >= 0.6 is 0 Å². The molecular weight excluding hydrogens is 558 g/mol. The lowest BCUT2D eigenvalue weighted by molar-refractivity contribution is -0.384. The summed E-state index contributed by atoms with van der Waals surface area (Å²) in [6.45, 7) is 7.43. The highest BCUT2D eigenvalue weighted by Crippen LogP contribution is 2.41. The Bertz CT molecular complexity index is 1580. The highest BCUT2D eigenvalue weighted by Gasteiger charge is 2.43. The van der Waals surface area contributed by atoms with E-state index in [2.05, 4.69) is 34.5 Å². The number of nitrogens with one attached hydrogen (secondary N) is 1. The number of allylic oxidation sites excluding steroid dienone is 2. The minimum absolute atomic E-state index is 0.141.